The van der Waals surface area contributed by atoms with Gasteiger partial charge in [0.15, 0.2) is 0 Å². The molecule has 1 saturated heterocycles. The highest BCUT2D eigenvalue weighted by molar-refractivity contribution is 5.05. The summed E-state index contributed by atoms with van der Waals surface area (Å²) in [5.41, 5.74) is 1.67. The van der Waals surface area contributed by atoms with Crippen molar-refractivity contribution >= 4 is 0 Å². The topological polar surface area (TPSA) is 21.3 Å². The van der Waals surface area contributed by atoms with E-state index in [2.05, 4.69) is 18.3 Å². The summed E-state index contributed by atoms with van der Waals surface area (Å²) in [5, 5.41) is 3.53. The summed E-state index contributed by atoms with van der Waals surface area (Å²) >= 11 is 0. The van der Waals surface area contributed by atoms with E-state index in [4.69, 9.17) is 4.74 Å². The summed E-state index contributed by atoms with van der Waals surface area (Å²) in [5.74, 6) is 0. The standard InChI is InChI=1S/C14H25NO/c1-12-7-8-14(16-12)11-15-10-9-13-5-3-2-4-6-13/h5,12,14-15H,2-4,6-11H2,1H3. The fraction of sp³-hybridized carbons (Fsp3) is 0.857. The lowest BCUT2D eigenvalue weighted by atomic mass is 9.97. The van der Waals surface area contributed by atoms with Crippen molar-refractivity contribution in [3.05, 3.63) is 11.6 Å². The van der Waals surface area contributed by atoms with Crippen LogP contribution in [0.5, 0.6) is 0 Å². The van der Waals surface area contributed by atoms with Crippen LogP contribution < -0.4 is 5.32 Å². The van der Waals surface area contributed by atoms with Gasteiger partial charge in [0.2, 0.25) is 0 Å². The Balaban J connectivity index is 1.53. The van der Waals surface area contributed by atoms with Crippen LogP contribution in [0.4, 0.5) is 0 Å². The Morgan fingerprint density at radius 2 is 2.31 bits per heavy atom. The van der Waals surface area contributed by atoms with Crippen LogP contribution in [-0.4, -0.2) is 25.3 Å². The SMILES string of the molecule is CC1CCC(CNCCC2=CCCCC2)O1. The average molecular weight is 223 g/mol. The van der Waals surface area contributed by atoms with Gasteiger partial charge >= 0.3 is 0 Å². The molecule has 0 saturated carbocycles. The van der Waals surface area contributed by atoms with Crippen LogP contribution in [0.2, 0.25) is 0 Å². The van der Waals surface area contributed by atoms with Crippen molar-refractivity contribution in [2.45, 2.75) is 64.1 Å². The fourth-order valence-corrected chi connectivity index (χ4v) is 2.68. The number of nitrogens with one attached hydrogen (secondary N) is 1. The minimum Gasteiger partial charge on any atom is -0.374 e. The lowest BCUT2D eigenvalue weighted by Crippen LogP contribution is -2.27. The number of hydrogen-bond acceptors (Lipinski definition) is 2. The molecule has 92 valence electrons. The predicted molar refractivity (Wildman–Crippen MR) is 67.6 cm³/mol. The predicted octanol–water partition coefficient (Wildman–Crippen LogP) is 3.03. The molecule has 0 bridgehead atoms. The van der Waals surface area contributed by atoms with E-state index < -0.39 is 0 Å². The van der Waals surface area contributed by atoms with E-state index in [0.717, 1.165) is 13.1 Å². The monoisotopic (exact) mass is 223 g/mol. The molecule has 2 unspecified atom stereocenters. The number of hydrogen-bond donors (Lipinski definition) is 1. The summed E-state index contributed by atoms with van der Waals surface area (Å²) in [6.45, 7) is 4.34. The number of rotatable bonds is 5. The lowest BCUT2D eigenvalue weighted by Gasteiger charge is -2.15. The molecular weight excluding hydrogens is 198 g/mol. The van der Waals surface area contributed by atoms with E-state index in [-0.39, 0.29) is 0 Å². The summed E-state index contributed by atoms with van der Waals surface area (Å²) in [4.78, 5) is 0. The van der Waals surface area contributed by atoms with Crippen molar-refractivity contribution in [1.82, 2.24) is 5.32 Å². The Kier molecular flexibility index (Phi) is 4.86. The molecule has 16 heavy (non-hydrogen) atoms. The Bertz CT molecular complexity index is 237. The fourth-order valence-electron chi connectivity index (χ4n) is 2.68. The first kappa shape index (κ1) is 12.1. The molecular formula is C14H25NO. The van der Waals surface area contributed by atoms with Crippen molar-refractivity contribution in [2.75, 3.05) is 13.1 Å². The molecule has 0 aromatic carbocycles. The van der Waals surface area contributed by atoms with Crippen molar-refractivity contribution in [2.24, 2.45) is 0 Å². The van der Waals surface area contributed by atoms with E-state index in [0.29, 0.717) is 12.2 Å². The zero-order chi connectivity index (χ0) is 11.2. The van der Waals surface area contributed by atoms with E-state index in [1.54, 1.807) is 5.57 Å². The quantitative estimate of drug-likeness (QED) is 0.571. The smallest absolute Gasteiger partial charge is 0.0704 e. The van der Waals surface area contributed by atoms with Gasteiger partial charge in [0.1, 0.15) is 0 Å². The molecule has 0 amide bonds. The molecule has 2 nitrogen and oxygen atoms in total. The first-order valence-corrected chi connectivity index (χ1v) is 6.88. The maximum absolute atomic E-state index is 5.78. The Morgan fingerprint density at radius 3 is 3.00 bits per heavy atom. The van der Waals surface area contributed by atoms with E-state index in [1.807, 2.05) is 0 Å². The van der Waals surface area contributed by atoms with Crippen molar-refractivity contribution in [1.29, 1.82) is 0 Å². The van der Waals surface area contributed by atoms with E-state index in [9.17, 15) is 0 Å². The van der Waals surface area contributed by atoms with Gasteiger partial charge in [0.25, 0.3) is 0 Å². The third kappa shape index (κ3) is 3.91. The highest BCUT2D eigenvalue weighted by atomic mass is 16.5. The summed E-state index contributed by atoms with van der Waals surface area (Å²) in [6.07, 6.45) is 12.5. The van der Waals surface area contributed by atoms with Crippen LogP contribution in [0, 0.1) is 0 Å². The first-order valence-electron chi connectivity index (χ1n) is 6.88. The molecule has 0 spiro atoms. The van der Waals surface area contributed by atoms with Gasteiger partial charge in [-0.2, -0.15) is 0 Å². The van der Waals surface area contributed by atoms with Gasteiger partial charge in [0, 0.05) is 6.54 Å². The summed E-state index contributed by atoms with van der Waals surface area (Å²) < 4.78 is 5.78. The second-order valence-corrected chi connectivity index (χ2v) is 5.21. The molecule has 0 aromatic rings. The maximum Gasteiger partial charge on any atom is 0.0704 e. The number of allylic oxidation sites excluding steroid dienone is 1. The molecule has 1 fully saturated rings. The van der Waals surface area contributed by atoms with Gasteiger partial charge in [-0.3, -0.25) is 0 Å². The first-order chi connectivity index (χ1) is 7.84. The number of ether oxygens (including phenoxy) is 1. The van der Waals surface area contributed by atoms with Crippen molar-refractivity contribution < 1.29 is 4.74 Å². The summed E-state index contributed by atoms with van der Waals surface area (Å²) in [6, 6.07) is 0. The normalized spacial score (nSPS) is 30.4. The maximum atomic E-state index is 5.78. The van der Waals surface area contributed by atoms with Crippen LogP contribution in [0.25, 0.3) is 0 Å². The molecule has 2 rings (SSSR count). The molecule has 1 heterocycles. The Hall–Kier alpha value is -0.340. The third-order valence-corrected chi connectivity index (χ3v) is 3.70. The van der Waals surface area contributed by atoms with Crippen LogP contribution in [0.1, 0.15) is 51.9 Å². The van der Waals surface area contributed by atoms with E-state index >= 15 is 0 Å². The molecule has 0 aromatic heterocycles. The van der Waals surface area contributed by atoms with Gasteiger partial charge in [-0.25, -0.2) is 0 Å². The van der Waals surface area contributed by atoms with Crippen LogP contribution in [-0.2, 0) is 4.74 Å². The van der Waals surface area contributed by atoms with Gasteiger partial charge < -0.3 is 10.1 Å². The highest BCUT2D eigenvalue weighted by Crippen LogP contribution is 2.20. The van der Waals surface area contributed by atoms with Crippen molar-refractivity contribution in [3.63, 3.8) is 0 Å². The molecule has 2 atom stereocenters. The average Bonchev–Trinajstić information content (AvgIpc) is 2.72. The second-order valence-electron chi connectivity index (χ2n) is 5.21. The van der Waals surface area contributed by atoms with E-state index in [1.165, 1.54) is 44.9 Å². The molecule has 1 aliphatic heterocycles. The van der Waals surface area contributed by atoms with Gasteiger partial charge in [-0.1, -0.05) is 11.6 Å². The van der Waals surface area contributed by atoms with Crippen LogP contribution in [0.15, 0.2) is 11.6 Å². The molecule has 2 aliphatic rings. The van der Waals surface area contributed by atoms with Crippen molar-refractivity contribution in [3.8, 4) is 0 Å². The Morgan fingerprint density at radius 1 is 1.38 bits per heavy atom. The second kappa shape index (κ2) is 6.41. The molecule has 1 aliphatic carbocycles. The molecule has 2 heteroatoms. The van der Waals surface area contributed by atoms with Gasteiger partial charge in [0.05, 0.1) is 12.2 Å². The summed E-state index contributed by atoms with van der Waals surface area (Å²) in [7, 11) is 0. The minimum atomic E-state index is 0.468. The zero-order valence-corrected chi connectivity index (χ0v) is 10.5. The zero-order valence-electron chi connectivity index (χ0n) is 10.5. The van der Waals surface area contributed by atoms with Gasteiger partial charge in [-0.05, 0) is 58.4 Å². The Labute approximate surface area is 99.4 Å². The molecule has 0 radical (unpaired) electrons. The van der Waals surface area contributed by atoms with Crippen LogP contribution >= 0.6 is 0 Å². The minimum absolute atomic E-state index is 0.468. The molecule has 1 N–H and O–H groups in total. The third-order valence-electron chi connectivity index (χ3n) is 3.70. The van der Waals surface area contributed by atoms with Gasteiger partial charge in [-0.15, -0.1) is 0 Å². The highest BCUT2D eigenvalue weighted by Gasteiger charge is 2.20. The largest absolute Gasteiger partial charge is 0.374 e. The van der Waals surface area contributed by atoms with Crippen LogP contribution in [0.3, 0.4) is 0 Å². The lowest BCUT2D eigenvalue weighted by molar-refractivity contribution is 0.0562.